The molecule has 0 bridgehead atoms. The first-order valence-corrected chi connectivity index (χ1v) is 7.83. The second kappa shape index (κ2) is 8.73. The zero-order valence-corrected chi connectivity index (χ0v) is 14.2. The van der Waals surface area contributed by atoms with E-state index in [1.54, 1.807) is 18.2 Å². The quantitative estimate of drug-likeness (QED) is 0.769. The van der Waals surface area contributed by atoms with Crippen LogP contribution in [0.5, 0.6) is 11.5 Å². The van der Waals surface area contributed by atoms with E-state index < -0.39 is 17.9 Å². The largest absolute Gasteiger partial charge is 0.493 e. The fourth-order valence-corrected chi connectivity index (χ4v) is 2.44. The molecule has 0 aliphatic heterocycles. The predicted molar refractivity (Wildman–Crippen MR) is 92.7 cm³/mol. The minimum absolute atomic E-state index is 0.0935. The van der Waals surface area contributed by atoms with Crippen molar-refractivity contribution in [3.8, 4) is 11.5 Å². The van der Waals surface area contributed by atoms with Crippen molar-refractivity contribution in [1.82, 2.24) is 5.32 Å². The van der Waals surface area contributed by atoms with Gasteiger partial charge in [0.2, 0.25) is 5.91 Å². The van der Waals surface area contributed by atoms with Crippen molar-refractivity contribution < 1.29 is 24.2 Å². The van der Waals surface area contributed by atoms with Crippen LogP contribution in [0.2, 0.25) is 0 Å². The van der Waals surface area contributed by atoms with Crippen LogP contribution in [-0.4, -0.2) is 30.1 Å². The van der Waals surface area contributed by atoms with Gasteiger partial charge in [-0.2, -0.15) is 0 Å². The van der Waals surface area contributed by atoms with Crippen molar-refractivity contribution in [2.45, 2.75) is 26.0 Å². The molecule has 2 aromatic rings. The summed E-state index contributed by atoms with van der Waals surface area (Å²) in [5.74, 6) is -0.514. The van der Waals surface area contributed by atoms with Crippen LogP contribution < -0.4 is 14.8 Å². The van der Waals surface area contributed by atoms with E-state index in [9.17, 15) is 14.7 Å². The van der Waals surface area contributed by atoms with E-state index in [0.29, 0.717) is 23.7 Å². The van der Waals surface area contributed by atoms with E-state index in [-0.39, 0.29) is 6.42 Å². The molecule has 0 heterocycles. The number of benzene rings is 2. The summed E-state index contributed by atoms with van der Waals surface area (Å²) in [5.41, 5.74) is 1.63. The lowest BCUT2D eigenvalue weighted by atomic mass is 10.0. The van der Waals surface area contributed by atoms with Crippen molar-refractivity contribution in [2.24, 2.45) is 0 Å². The molecular formula is C19H21NO5. The lowest BCUT2D eigenvalue weighted by Gasteiger charge is -2.18. The van der Waals surface area contributed by atoms with Gasteiger partial charge in [0.05, 0.1) is 7.11 Å². The second-order valence-corrected chi connectivity index (χ2v) is 5.52. The SMILES string of the molecule is COc1cccc(CC(NC(C)=O)C(=O)O)c1OCc1ccccc1. The predicted octanol–water partition coefficient (Wildman–Crippen LogP) is 2.41. The van der Waals surface area contributed by atoms with Crippen LogP contribution in [0, 0.1) is 0 Å². The Bertz CT molecular complexity index is 730. The third-order valence-corrected chi connectivity index (χ3v) is 3.61. The lowest BCUT2D eigenvalue weighted by molar-refractivity contribution is -0.141. The first-order valence-electron chi connectivity index (χ1n) is 7.83. The average molecular weight is 343 g/mol. The minimum Gasteiger partial charge on any atom is -0.493 e. The number of nitrogens with one attached hydrogen (secondary N) is 1. The van der Waals surface area contributed by atoms with Crippen molar-refractivity contribution in [1.29, 1.82) is 0 Å². The lowest BCUT2D eigenvalue weighted by Crippen LogP contribution is -2.41. The van der Waals surface area contributed by atoms with E-state index in [4.69, 9.17) is 9.47 Å². The molecule has 0 aromatic heterocycles. The molecular weight excluding hydrogens is 322 g/mol. The molecule has 6 nitrogen and oxygen atoms in total. The highest BCUT2D eigenvalue weighted by atomic mass is 16.5. The number of hydrogen-bond donors (Lipinski definition) is 2. The van der Waals surface area contributed by atoms with E-state index in [2.05, 4.69) is 5.32 Å². The molecule has 0 aliphatic rings. The maximum Gasteiger partial charge on any atom is 0.326 e. The van der Waals surface area contributed by atoms with Crippen molar-refractivity contribution in [2.75, 3.05) is 7.11 Å². The number of hydrogen-bond acceptors (Lipinski definition) is 4. The average Bonchev–Trinajstić information content (AvgIpc) is 2.60. The van der Waals surface area contributed by atoms with E-state index in [1.165, 1.54) is 14.0 Å². The fraction of sp³-hybridized carbons (Fsp3) is 0.263. The summed E-state index contributed by atoms with van der Waals surface area (Å²) in [6.45, 7) is 1.61. The number of amides is 1. The molecule has 0 saturated heterocycles. The van der Waals surface area contributed by atoms with Crippen molar-refractivity contribution in [3.05, 3.63) is 59.7 Å². The van der Waals surface area contributed by atoms with Gasteiger partial charge in [0.1, 0.15) is 12.6 Å². The molecule has 25 heavy (non-hydrogen) atoms. The van der Waals surface area contributed by atoms with Crippen LogP contribution in [-0.2, 0) is 22.6 Å². The summed E-state index contributed by atoms with van der Waals surface area (Å²) >= 11 is 0. The minimum atomic E-state index is -1.10. The number of carboxylic acid groups (broad SMARTS) is 1. The Morgan fingerprint density at radius 2 is 1.84 bits per heavy atom. The monoisotopic (exact) mass is 343 g/mol. The summed E-state index contributed by atoms with van der Waals surface area (Å²) in [4.78, 5) is 22.6. The van der Waals surface area contributed by atoms with Gasteiger partial charge in [-0.15, -0.1) is 0 Å². The number of carboxylic acids is 1. The highest BCUT2D eigenvalue weighted by Crippen LogP contribution is 2.32. The number of ether oxygens (including phenoxy) is 2. The first kappa shape index (κ1) is 18.3. The van der Waals surface area contributed by atoms with Crippen LogP contribution in [0.25, 0.3) is 0 Å². The molecule has 2 rings (SSSR count). The molecule has 1 amide bonds. The maximum atomic E-state index is 11.4. The van der Waals surface area contributed by atoms with Crippen LogP contribution in [0.3, 0.4) is 0 Å². The molecule has 2 N–H and O–H groups in total. The van der Waals surface area contributed by atoms with Gasteiger partial charge in [0.15, 0.2) is 11.5 Å². The zero-order valence-electron chi connectivity index (χ0n) is 14.2. The van der Waals surface area contributed by atoms with Gasteiger partial charge in [-0.05, 0) is 11.6 Å². The van der Waals surface area contributed by atoms with Crippen molar-refractivity contribution in [3.63, 3.8) is 0 Å². The highest BCUT2D eigenvalue weighted by molar-refractivity contribution is 5.82. The van der Waals surface area contributed by atoms with Crippen molar-refractivity contribution >= 4 is 11.9 Å². The molecule has 0 fully saturated rings. The van der Waals surface area contributed by atoms with Gasteiger partial charge in [0, 0.05) is 18.9 Å². The van der Waals surface area contributed by atoms with Gasteiger partial charge in [-0.25, -0.2) is 4.79 Å². The molecule has 6 heteroatoms. The number of carbonyl (C=O) groups excluding carboxylic acids is 1. The van der Waals surface area contributed by atoms with Gasteiger partial charge in [-0.1, -0.05) is 42.5 Å². The molecule has 1 atom stereocenters. The summed E-state index contributed by atoms with van der Waals surface area (Å²) in [6, 6.07) is 13.9. The standard InChI is InChI=1S/C19H21NO5/c1-13(21)20-16(19(22)23)11-15-9-6-10-17(24-2)18(15)25-12-14-7-4-3-5-8-14/h3-10,16H,11-12H2,1-2H3,(H,20,21)(H,22,23). The number of rotatable bonds is 8. The number of aliphatic carboxylic acids is 1. The zero-order chi connectivity index (χ0) is 18.2. The maximum absolute atomic E-state index is 11.4. The van der Waals surface area contributed by atoms with Crippen LogP contribution in [0.4, 0.5) is 0 Å². The Morgan fingerprint density at radius 3 is 2.44 bits per heavy atom. The summed E-state index contributed by atoms with van der Waals surface area (Å²) in [6.07, 6.45) is 0.0935. The second-order valence-electron chi connectivity index (χ2n) is 5.52. The summed E-state index contributed by atoms with van der Waals surface area (Å²) in [5, 5.41) is 11.8. The Balaban J connectivity index is 2.24. The Hall–Kier alpha value is -3.02. The topological polar surface area (TPSA) is 84.9 Å². The van der Waals surface area contributed by atoms with E-state index in [0.717, 1.165) is 5.56 Å². The Labute approximate surface area is 146 Å². The first-order chi connectivity index (χ1) is 12.0. The molecule has 0 aliphatic carbocycles. The molecule has 1 unspecified atom stereocenters. The van der Waals surface area contributed by atoms with Gasteiger partial charge < -0.3 is 19.9 Å². The van der Waals surface area contributed by atoms with Crippen LogP contribution in [0.1, 0.15) is 18.1 Å². The molecule has 0 radical (unpaired) electrons. The van der Waals surface area contributed by atoms with Gasteiger partial charge in [-0.3, -0.25) is 4.79 Å². The smallest absolute Gasteiger partial charge is 0.326 e. The van der Waals surface area contributed by atoms with E-state index >= 15 is 0 Å². The molecule has 132 valence electrons. The van der Waals surface area contributed by atoms with Gasteiger partial charge >= 0.3 is 5.97 Å². The summed E-state index contributed by atoms with van der Waals surface area (Å²) < 4.78 is 11.2. The number of carbonyl (C=O) groups is 2. The third kappa shape index (κ3) is 5.24. The van der Waals surface area contributed by atoms with Crippen LogP contribution >= 0.6 is 0 Å². The molecule has 2 aromatic carbocycles. The number of para-hydroxylation sites is 1. The van der Waals surface area contributed by atoms with Gasteiger partial charge in [0.25, 0.3) is 0 Å². The molecule has 0 spiro atoms. The fourth-order valence-electron chi connectivity index (χ4n) is 2.44. The summed E-state index contributed by atoms with van der Waals surface area (Å²) in [7, 11) is 1.52. The Kier molecular flexibility index (Phi) is 6.39. The highest BCUT2D eigenvalue weighted by Gasteiger charge is 2.22. The number of methoxy groups -OCH3 is 1. The van der Waals surface area contributed by atoms with E-state index in [1.807, 2.05) is 30.3 Å². The third-order valence-electron chi connectivity index (χ3n) is 3.61. The molecule has 0 saturated carbocycles. The Morgan fingerprint density at radius 1 is 1.12 bits per heavy atom. The van der Waals surface area contributed by atoms with Crippen LogP contribution in [0.15, 0.2) is 48.5 Å². The normalized spacial score (nSPS) is 11.4.